The van der Waals surface area contributed by atoms with E-state index in [1.54, 1.807) is 33.9 Å². The number of nitrogens with one attached hydrogen (secondary N) is 1. The molecule has 1 spiro atoms. The maximum absolute atomic E-state index is 12.4. The molecule has 0 radical (unpaired) electrons. The third-order valence-electron chi connectivity index (χ3n) is 5.77. The third kappa shape index (κ3) is 3.81. The summed E-state index contributed by atoms with van der Waals surface area (Å²) in [6.45, 7) is 7.74. The highest BCUT2D eigenvalue weighted by atomic mass is 16.6. The summed E-state index contributed by atoms with van der Waals surface area (Å²) in [5, 5.41) is 7.29. The van der Waals surface area contributed by atoms with E-state index < -0.39 is 5.60 Å². The fraction of sp³-hybridized carbons (Fsp3) is 0.600. The molecule has 2 fully saturated rings. The van der Waals surface area contributed by atoms with Crippen molar-refractivity contribution in [2.24, 2.45) is 11.3 Å². The van der Waals surface area contributed by atoms with Crippen LogP contribution in [0.2, 0.25) is 0 Å². The van der Waals surface area contributed by atoms with E-state index in [4.69, 9.17) is 4.74 Å². The second-order valence-electron chi connectivity index (χ2n) is 8.89. The van der Waals surface area contributed by atoms with E-state index in [2.05, 4.69) is 15.4 Å². The van der Waals surface area contributed by atoms with Gasteiger partial charge in [-0.3, -0.25) is 4.79 Å². The summed E-state index contributed by atoms with van der Waals surface area (Å²) in [6.07, 6.45) is 6.18. The number of likely N-dealkylation sites (tertiary alicyclic amines) is 1. The van der Waals surface area contributed by atoms with Gasteiger partial charge in [-0.25, -0.2) is 14.3 Å². The minimum atomic E-state index is -0.466. The molecule has 150 valence electrons. The smallest absolute Gasteiger partial charge is 0.410 e. The lowest BCUT2D eigenvalue weighted by Crippen LogP contribution is -2.43. The molecule has 1 saturated carbocycles. The zero-order valence-corrected chi connectivity index (χ0v) is 16.6. The van der Waals surface area contributed by atoms with Crippen molar-refractivity contribution >= 4 is 17.6 Å². The van der Waals surface area contributed by atoms with E-state index in [1.807, 2.05) is 20.8 Å². The first kappa shape index (κ1) is 18.7. The molecule has 1 N–H and O–H groups in total. The van der Waals surface area contributed by atoms with Gasteiger partial charge in [-0.1, -0.05) is 0 Å². The summed E-state index contributed by atoms with van der Waals surface area (Å²) in [5.41, 5.74) is 0.897. The fourth-order valence-corrected chi connectivity index (χ4v) is 4.04. The monoisotopic (exact) mass is 385 g/mol. The SMILES string of the molecule is CC(C)(C)OC(=O)N1CCC2(CC1)CC2CNC(=O)c1ccc2nccn2n1. The van der Waals surface area contributed by atoms with Gasteiger partial charge in [0.05, 0.1) is 0 Å². The minimum Gasteiger partial charge on any atom is -0.444 e. The normalized spacial score (nSPS) is 21.0. The van der Waals surface area contributed by atoms with Gasteiger partial charge in [-0.2, -0.15) is 5.10 Å². The molecule has 1 unspecified atom stereocenters. The Kier molecular flexibility index (Phi) is 4.51. The molecule has 2 aromatic heterocycles. The van der Waals surface area contributed by atoms with Gasteiger partial charge < -0.3 is 15.0 Å². The Morgan fingerprint density at radius 1 is 1.29 bits per heavy atom. The molecule has 8 heteroatoms. The number of carbonyl (C=O) groups excluding carboxylic acids is 2. The Morgan fingerprint density at radius 2 is 2.04 bits per heavy atom. The minimum absolute atomic E-state index is 0.163. The molecule has 8 nitrogen and oxygen atoms in total. The number of piperidine rings is 1. The molecular weight excluding hydrogens is 358 g/mol. The summed E-state index contributed by atoms with van der Waals surface area (Å²) >= 11 is 0. The Balaban J connectivity index is 1.26. The Morgan fingerprint density at radius 3 is 2.75 bits per heavy atom. The van der Waals surface area contributed by atoms with Gasteiger partial charge in [-0.05, 0) is 63.5 Å². The van der Waals surface area contributed by atoms with Gasteiger partial charge in [0, 0.05) is 32.0 Å². The molecule has 2 aliphatic rings. The number of ether oxygens (including phenoxy) is 1. The average molecular weight is 385 g/mol. The van der Waals surface area contributed by atoms with Crippen LogP contribution in [0.15, 0.2) is 24.5 Å². The largest absolute Gasteiger partial charge is 0.444 e. The van der Waals surface area contributed by atoms with Crippen molar-refractivity contribution in [2.75, 3.05) is 19.6 Å². The predicted octanol–water partition coefficient (Wildman–Crippen LogP) is 2.50. The Hall–Kier alpha value is -2.64. The van der Waals surface area contributed by atoms with Gasteiger partial charge in [0.25, 0.3) is 5.91 Å². The van der Waals surface area contributed by atoms with E-state index in [9.17, 15) is 9.59 Å². The van der Waals surface area contributed by atoms with Crippen molar-refractivity contribution in [3.05, 3.63) is 30.2 Å². The lowest BCUT2D eigenvalue weighted by molar-refractivity contribution is 0.0165. The van der Waals surface area contributed by atoms with Crippen LogP contribution in [0.5, 0.6) is 0 Å². The Labute approximate surface area is 164 Å². The number of fused-ring (bicyclic) bond motifs is 1. The summed E-state index contributed by atoms with van der Waals surface area (Å²) in [6, 6.07) is 3.48. The second-order valence-corrected chi connectivity index (χ2v) is 8.89. The highest BCUT2D eigenvalue weighted by Gasteiger charge is 2.55. The third-order valence-corrected chi connectivity index (χ3v) is 5.77. The van der Waals surface area contributed by atoms with Crippen LogP contribution in [-0.2, 0) is 4.74 Å². The number of carbonyl (C=O) groups is 2. The Bertz CT molecular complexity index is 893. The molecule has 0 aromatic carbocycles. The van der Waals surface area contributed by atoms with Crippen LogP contribution in [-0.4, -0.2) is 56.7 Å². The van der Waals surface area contributed by atoms with Crippen molar-refractivity contribution in [1.82, 2.24) is 24.8 Å². The number of rotatable bonds is 3. The van der Waals surface area contributed by atoms with Gasteiger partial charge >= 0.3 is 6.09 Å². The molecule has 2 aromatic rings. The zero-order chi connectivity index (χ0) is 19.9. The first-order chi connectivity index (χ1) is 13.3. The number of aromatic nitrogens is 3. The summed E-state index contributed by atoms with van der Waals surface area (Å²) in [5.74, 6) is 0.304. The molecule has 28 heavy (non-hydrogen) atoms. The highest BCUT2D eigenvalue weighted by molar-refractivity contribution is 5.92. The van der Waals surface area contributed by atoms with Gasteiger partial charge in [-0.15, -0.1) is 0 Å². The van der Waals surface area contributed by atoms with Crippen LogP contribution in [0, 0.1) is 11.3 Å². The average Bonchev–Trinajstić information content (AvgIpc) is 3.09. The number of imidazole rings is 1. The summed E-state index contributed by atoms with van der Waals surface area (Å²) in [7, 11) is 0. The lowest BCUT2D eigenvalue weighted by Gasteiger charge is -2.34. The van der Waals surface area contributed by atoms with E-state index >= 15 is 0 Å². The van der Waals surface area contributed by atoms with Gasteiger partial charge in [0.15, 0.2) is 5.65 Å². The maximum atomic E-state index is 12.4. The topological polar surface area (TPSA) is 88.8 Å². The van der Waals surface area contributed by atoms with Crippen LogP contribution in [0.4, 0.5) is 4.79 Å². The van der Waals surface area contributed by atoms with Crippen LogP contribution in [0.3, 0.4) is 0 Å². The quantitative estimate of drug-likeness (QED) is 0.877. The number of hydrogen-bond acceptors (Lipinski definition) is 5. The molecule has 2 amide bonds. The van der Waals surface area contributed by atoms with Crippen LogP contribution < -0.4 is 5.32 Å². The molecule has 1 saturated heterocycles. The number of nitrogens with zero attached hydrogens (tertiary/aromatic N) is 4. The number of amides is 2. The maximum Gasteiger partial charge on any atom is 0.410 e. The summed E-state index contributed by atoms with van der Waals surface area (Å²) in [4.78, 5) is 30.5. The van der Waals surface area contributed by atoms with Crippen molar-refractivity contribution in [3.63, 3.8) is 0 Å². The van der Waals surface area contributed by atoms with Gasteiger partial charge in [0.1, 0.15) is 11.3 Å². The van der Waals surface area contributed by atoms with E-state index in [-0.39, 0.29) is 17.4 Å². The van der Waals surface area contributed by atoms with E-state index in [0.29, 0.717) is 18.2 Å². The van der Waals surface area contributed by atoms with Crippen molar-refractivity contribution in [3.8, 4) is 0 Å². The predicted molar refractivity (Wildman–Crippen MR) is 103 cm³/mol. The second kappa shape index (κ2) is 6.76. The molecule has 0 bridgehead atoms. The molecule has 1 aliphatic carbocycles. The molecule has 1 aliphatic heterocycles. The van der Waals surface area contributed by atoms with Crippen LogP contribution >= 0.6 is 0 Å². The fourth-order valence-electron chi connectivity index (χ4n) is 4.04. The highest BCUT2D eigenvalue weighted by Crippen LogP contribution is 2.59. The lowest BCUT2D eigenvalue weighted by atomic mass is 9.91. The first-order valence-electron chi connectivity index (χ1n) is 9.82. The zero-order valence-electron chi connectivity index (χ0n) is 16.6. The van der Waals surface area contributed by atoms with E-state index in [0.717, 1.165) is 38.0 Å². The molecule has 3 heterocycles. The van der Waals surface area contributed by atoms with E-state index in [1.165, 1.54) is 0 Å². The first-order valence-corrected chi connectivity index (χ1v) is 9.82. The molecular formula is C20H27N5O3. The standard InChI is InChI=1S/C20H27N5O3/c1-19(2,3)28-18(27)24-9-6-20(7-10-24)12-14(20)13-22-17(26)15-4-5-16-21-8-11-25(16)23-15/h4-5,8,11,14H,6-7,9-10,12-13H2,1-3H3,(H,22,26). The molecule has 4 rings (SSSR count). The van der Waals surface area contributed by atoms with Crippen molar-refractivity contribution in [2.45, 2.75) is 45.6 Å². The van der Waals surface area contributed by atoms with Gasteiger partial charge in [0.2, 0.25) is 0 Å². The van der Waals surface area contributed by atoms with Crippen LogP contribution in [0.1, 0.15) is 50.5 Å². The van der Waals surface area contributed by atoms with Crippen molar-refractivity contribution < 1.29 is 14.3 Å². The van der Waals surface area contributed by atoms with Crippen molar-refractivity contribution in [1.29, 1.82) is 0 Å². The summed E-state index contributed by atoms with van der Waals surface area (Å²) < 4.78 is 7.06. The molecule has 1 atom stereocenters. The van der Waals surface area contributed by atoms with Crippen LogP contribution in [0.25, 0.3) is 5.65 Å². The number of hydrogen-bond donors (Lipinski definition) is 1.